The van der Waals surface area contributed by atoms with Gasteiger partial charge in [-0.1, -0.05) is 147 Å². The lowest BCUT2D eigenvalue weighted by Crippen LogP contribution is -2.14. The fraction of sp³-hybridized carbons (Fsp3) is 0.0652. The van der Waals surface area contributed by atoms with Crippen LogP contribution in [0.4, 0.5) is 0 Å². The van der Waals surface area contributed by atoms with Gasteiger partial charge in [-0.05, 0) is 68.4 Å². The highest BCUT2D eigenvalue weighted by Crippen LogP contribution is 2.54. The molecule has 3 heteroatoms. The maximum Gasteiger partial charge on any atom is 0.160 e. The van der Waals surface area contributed by atoms with Crippen molar-refractivity contribution in [2.45, 2.75) is 19.3 Å². The van der Waals surface area contributed by atoms with Gasteiger partial charge in [0.05, 0.1) is 17.1 Å². The highest BCUT2D eigenvalue weighted by Gasteiger charge is 2.37. The Morgan fingerprint density at radius 1 is 0.429 bits per heavy atom. The minimum absolute atomic E-state index is 0.0987. The summed E-state index contributed by atoms with van der Waals surface area (Å²) in [4.78, 5) is 15.0. The number of pyridine rings is 1. The molecule has 0 unspecified atom stereocenters. The molecule has 9 rings (SSSR count). The Morgan fingerprint density at radius 3 is 1.86 bits per heavy atom. The van der Waals surface area contributed by atoms with Gasteiger partial charge in [0, 0.05) is 33.9 Å². The van der Waals surface area contributed by atoms with Gasteiger partial charge in [0.15, 0.2) is 5.82 Å². The maximum absolute atomic E-state index is 5.14. The average molecular weight is 628 g/mol. The molecule has 0 saturated heterocycles. The molecule has 0 atom stereocenters. The Bertz CT molecular complexity index is 2500. The SMILES string of the molecule is CC1(C)c2cccc(-c3cccc(-c4cc(-c5ccc(-c6ccccc6)nc5)nc(-c5ccccc5)n4)c3)c2-c2c1ccc1ccccc21. The third-order valence-electron chi connectivity index (χ3n) is 9.95. The van der Waals surface area contributed by atoms with Crippen LogP contribution in [0.25, 0.3) is 78.2 Å². The molecule has 6 aromatic carbocycles. The number of nitrogens with zero attached hydrogens (tertiary/aromatic N) is 3. The van der Waals surface area contributed by atoms with Crippen LogP contribution in [0, 0.1) is 0 Å². The first-order valence-electron chi connectivity index (χ1n) is 16.8. The van der Waals surface area contributed by atoms with E-state index in [0.717, 1.165) is 39.3 Å². The number of hydrogen-bond acceptors (Lipinski definition) is 3. The van der Waals surface area contributed by atoms with Crippen LogP contribution in [0.1, 0.15) is 25.0 Å². The van der Waals surface area contributed by atoms with Crippen molar-refractivity contribution in [1.29, 1.82) is 0 Å². The molecule has 1 aliphatic carbocycles. The third-order valence-corrected chi connectivity index (χ3v) is 9.95. The predicted octanol–water partition coefficient (Wildman–Crippen LogP) is 11.7. The lowest BCUT2D eigenvalue weighted by molar-refractivity contribution is 0.661. The zero-order valence-electron chi connectivity index (χ0n) is 27.4. The summed E-state index contributed by atoms with van der Waals surface area (Å²) in [5.74, 6) is 0.688. The Morgan fingerprint density at radius 2 is 1.08 bits per heavy atom. The van der Waals surface area contributed by atoms with E-state index in [0.29, 0.717) is 5.82 Å². The zero-order valence-corrected chi connectivity index (χ0v) is 27.4. The summed E-state index contributed by atoms with van der Waals surface area (Å²) in [7, 11) is 0. The van der Waals surface area contributed by atoms with Crippen molar-refractivity contribution in [3.8, 4) is 67.4 Å². The van der Waals surface area contributed by atoms with Crippen molar-refractivity contribution in [2.24, 2.45) is 0 Å². The van der Waals surface area contributed by atoms with E-state index in [1.54, 1.807) is 0 Å². The number of aromatic nitrogens is 3. The van der Waals surface area contributed by atoms with Crippen LogP contribution >= 0.6 is 0 Å². The molecule has 1 aliphatic rings. The fourth-order valence-electron chi connectivity index (χ4n) is 7.42. The quantitative estimate of drug-likeness (QED) is 0.191. The minimum atomic E-state index is -0.0987. The van der Waals surface area contributed by atoms with E-state index >= 15 is 0 Å². The Labute approximate surface area is 286 Å². The van der Waals surface area contributed by atoms with Crippen LogP contribution in [0.5, 0.6) is 0 Å². The molecule has 0 fully saturated rings. The van der Waals surface area contributed by atoms with Crippen LogP contribution in [-0.4, -0.2) is 15.0 Å². The molecule has 2 heterocycles. The summed E-state index contributed by atoms with van der Waals surface area (Å²) in [6, 6.07) is 55.6. The van der Waals surface area contributed by atoms with Gasteiger partial charge in [-0.3, -0.25) is 4.98 Å². The zero-order chi connectivity index (χ0) is 33.0. The highest BCUT2D eigenvalue weighted by atomic mass is 14.9. The second-order valence-corrected chi connectivity index (χ2v) is 13.3. The molecule has 0 spiro atoms. The van der Waals surface area contributed by atoms with Crippen LogP contribution in [0.3, 0.4) is 0 Å². The van der Waals surface area contributed by atoms with E-state index in [2.05, 4.69) is 135 Å². The number of hydrogen-bond donors (Lipinski definition) is 0. The van der Waals surface area contributed by atoms with Crippen molar-refractivity contribution in [1.82, 2.24) is 15.0 Å². The van der Waals surface area contributed by atoms with Crippen LogP contribution in [0.15, 0.2) is 164 Å². The predicted molar refractivity (Wildman–Crippen MR) is 202 cm³/mol. The molecule has 3 nitrogen and oxygen atoms in total. The molecule has 232 valence electrons. The maximum atomic E-state index is 5.14. The van der Waals surface area contributed by atoms with E-state index in [-0.39, 0.29) is 5.41 Å². The lowest BCUT2D eigenvalue weighted by atomic mass is 9.81. The standard InChI is InChI=1S/C46H33N3/c1-46(2)38-22-12-21-37(44(38)43-36-20-10-9-13-30(36)23-25-39(43)46)33-18-11-19-34(27-33)41-28-42(49-45(48-41)32-16-7-4-8-17-32)35-24-26-40(47-29-35)31-14-5-3-6-15-31/h3-29H,1-2H3. The average Bonchev–Trinajstić information content (AvgIpc) is 3.42. The van der Waals surface area contributed by atoms with E-state index in [1.165, 1.54) is 44.2 Å². The van der Waals surface area contributed by atoms with Gasteiger partial charge >= 0.3 is 0 Å². The molecular formula is C46H33N3. The van der Waals surface area contributed by atoms with Gasteiger partial charge in [0.25, 0.3) is 0 Å². The van der Waals surface area contributed by atoms with Gasteiger partial charge in [-0.25, -0.2) is 9.97 Å². The Balaban J connectivity index is 1.19. The summed E-state index contributed by atoms with van der Waals surface area (Å²) < 4.78 is 0. The van der Waals surface area contributed by atoms with Gasteiger partial charge in [-0.2, -0.15) is 0 Å². The summed E-state index contributed by atoms with van der Waals surface area (Å²) >= 11 is 0. The smallest absolute Gasteiger partial charge is 0.160 e. The van der Waals surface area contributed by atoms with E-state index in [1.807, 2.05) is 42.6 Å². The van der Waals surface area contributed by atoms with Crippen LogP contribution < -0.4 is 0 Å². The molecule has 0 N–H and O–H groups in total. The lowest BCUT2D eigenvalue weighted by Gasteiger charge is -2.21. The second kappa shape index (κ2) is 11.5. The van der Waals surface area contributed by atoms with Crippen molar-refractivity contribution in [3.63, 3.8) is 0 Å². The number of benzene rings is 6. The van der Waals surface area contributed by atoms with Gasteiger partial charge in [0.2, 0.25) is 0 Å². The Kier molecular flexibility index (Phi) is 6.80. The van der Waals surface area contributed by atoms with Crippen LogP contribution in [0.2, 0.25) is 0 Å². The van der Waals surface area contributed by atoms with E-state index in [9.17, 15) is 0 Å². The first-order chi connectivity index (χ1) is 24.0. The summed E-state index contributed by atoms with van der Waals surface area (Å²) in [5, 5.41) is 2.57. The first-order valence-corrected chi connectivity index (χ1v) is 16.8. The molecule has 2 aromatic heterocycles. The van der Waals surface area contributed by atoms with E-state index in [4.69, 9.17) is 15.0 Å². The Hall–Kier alpha value is -6.19. The molecule has 0 aliphatic heterocycles. The number of fused-ring (bicyclic) bond motifs is 5. The van der Waals surface area contributed by atoms with Gasteiger partial charge in [-0.15, -0.1) is 0 Å². The van der Waals surface area contributed by atoms with Crippen molar-refractivity contribution in [3.05, 3.63) is 175 Å². The van der Waals surface area contributed by atoms with Crippen LogP contribution in [-0.2, 0) is 5.41 Å². The second-order valence-electron chi connectivity index (χ2n) is 13.3. The molecule has 0 saturated carbocycles. The fourth-order valence-corrected chi connectivity index (χ4v) is 7.42. The van der Waals surface area contributed by atoms with Crippen molar-refractivity contribution >= 4 is 10.8 Å². The summed E-state index contributed by atoms with van der Waals surface area (Å²) in [6.45, 7) is 4.70. The number of rotatable bonds is 5. The normalized spacial score (nSPS) is 12.9. The topological polar surface area (TPSA) is 38.7 Å². The van der Waals surface area contributed by atoms with Crippen molar-refractivity contribution in [2.75, 3.05) is 0 Å². The molecular weight excluding hydrogens is 595 g/mol. The molecule has 8 aromatic rings. The highest BCUT2D eigenvalue weighted by molar-refractivity contribution is 6.06. The van der Waals surface area contributed by atoms with Gasteiger partial charge < -0.3 is 0 Å². The summed E-state index contributed by atoms with van der Waals surface area (Å²) in [5.41, 5.74) is 14.4. The van der Waals surface area contributed by atoms with E-state index < -0.39 is 0 Å². The minimum Gasteiger partial charge on any atom is -0.256 e. The molecule has 0 radical (unpaired) electrons. The molecule has 0 amide bonds. The largest absolute Gasteiger partial charge is 0.256 e. The molecule has 49 heavy (non-hydrogen) atoms. The molecule has 0 bridgehead atoms. The van der Waals surface area contributed by atoms with Gasteiger partial charge in [0.1, 0.15) is 0 Å². The summed E-state index contributed by atoms with van der Waals surface area (Å²) in [6.07, 6.45) is 1.91. The first kappa shape index (κ1) is 29.0. The monoisotopic (exact) mass is 627 g/mol. The third kappa shape index (κ3) is 4.94. The van der Waals surface area contributed by atoms with Crippen molar-refractivity contribution < 1.29 is 0 Å².